The van der Waals surface area contributed by atoms with Crippen LogP contribution in [-0.2, 0) is 0 Å². The lowest BCUT2D eigenvalue weighted by Crippen LogP contribution is -2.08. The molecule has 1 atom stereocenters. The van der Waals surface area contributed by atoms with Crippen LogP contribution in [0.3, 0.4) is 0 Å². The molecule has 0 aliphatic rings. The van der Waals surface area contributed by atoms with E-state index in [1.165, 1.54) is 0 Å². The van der Waals surface area contributed by atoms with E-state index in [0.29, 0.717) is 0 Å². The molecule has 0 aromatic carbocycles. The van der Waals surface area contributed by atoms with E-state index in [1.807, 2.05) is 30.8 Å². The van der Waals surface area contributed by atoms with Crippen LogP contribution in [0.15, 0.2) is 18.5 Å². The fourth-order valence-electron chi connectivity index (χ4n) is 1.17. The first-order valence-corrected chi connectivity index (χ1v) is 4.15. The van der Waals surface area contributed by atoms with Crippen LogP contribution in [0.4, 0.5) is 0 Å². The maximum atomic E-state index is 4.24. The average molecular weight is 177 g/mol. The van der Waals surface area contributed by atoms with Crippen LogP contribution in [0, 0.1) is 6.92 Å². The molecule has 2 rings (SSSR count). The Morgan fingerprint density at radius 2 is 2.38 bits per heavy atom. The molecule has 2 aromatic rings. The van der Waals surface area contributed by atoms with Crippen LogP contribution in [0.5, 0.6) is 0 Å². The number of aromatic amines is 1. The number of aromatic nitrogens is 5. The Kier molecular flexibility index (Phi) is 1.84. The smallest absolute Gasteiger partial charge is 0.174 e. The zero-order chi connectivity index (χ0) is 9.26. The third-order valence-corrected chi connectivity index (χ3v) is 1.91. The molecular formula is C8H11N5. The zero-order valence-corrected chi connectivity index (χ0v) is 7.60. The first-order valence-electron chi connectivity index (χ1n) is 4.15. The standard InChI is InChI=1S/C8H11N5/c1-6(13-5-3-4-9-13)8-10-7(2)11-12-8/h3-6H,1-2H3,(H,10,11,12). The maximum Gasteiger partial charge on any atom is 0.174 e. The van der Waals surface area contributed by atoms with Crippen molar-refractivity contribution in [1.82, 2.24) is 25.0 Å². The van der Waals surface area contributed by atoms with Gasteiger partial charge in [0.1, 0.15) is 11.9 Å². The molecular weight excluding hydrogens is 166 g/mol. The molecule has 0 fully saturated rings. The summed E-state index contributed by atoms with van der Waals surface area (Å²) in [6, 6.07) is 1.97. The van der Waals surface area contributed by atoms with Crippen molar-refractivity contribution in [3.05, 3.63) is 30.1 Å². The molecule has 0 bridgehead atoms. The Morgan fingerprint density at radius 3 is 2.92 bits per heavy atom. The molecule has 2 aromatic heterocycles. The van der Waals surface area contributed by atoms with Gasteiger partial charge in [0.25, 0.3) is 0 Å². The van der Waals surface area contributed by atoms with Crippen molar-refractivity contribution in [2.24, 2.45) is 0 Å². The maximum absolute atomic E-state index is 4.24. The molecule has 1 N–H and O–H groups in total. The van der Waals surface area contributed by atoms with E-state index < -0.39 is 0 Å². The van der Waals surface area contributed by atoms with Crippen LogP contribution in [0.2, 0.25) is 0 Å². The van der Waals surface area contributed by atoms with Gasteiger partial charge in [-0.1, -0.05) is 0 Å². The topological polar surface area (TPSA) is 59.4 Å². The highest BCUT2D eigenvalue weighted by atomic mass is 15.3. The van der Waals surface area contributed by atoms with E-state index in [2.05, 4.69) is 20.3 Å². The number of hydrogen-bond donors (Lipinski definition) is 1. The lowest BCUT2D eigenvalue weighted by molar-refractivity contribution is 0.538. The van der Waals surface area contributed by atoms with Gasteiger partial charge in [0.2, 0.25) is 0 Å². The summed E-state index contributed by atoms with van der Waals surface area (Å²) >= 11 is 0. The van der Waals surface area contributed by atoms with Crippen molar-refractivity contribution in [3.8, 4) is 0 Å². The van der Waals surface area contributed by atoms with Gasteiger partial charge in [-0.3, -0.25) is 9.78 Å². The second-order valence-corrected chi connectivity index (χ2v) is 2.94. The summed E-state index contributed by atoms with van der Waals surface area (Å²) in [6.45, 7) is 3.89. The van der Waals surface area contributed by atoms with Gasteiger partial charge >= 0.3 is 0 Å². The number of rotatable bonds is 2. The molecule has 0 amide bonds. The second-order valence-electron chi connectivity index (χ2n) is 2.94. The number of nitrogens with one attached hydrogen (secondary N) is 1. The summed E-state index contributed by atoms with van der Waals surface area (Å²) < 4.78 is 1.82. The molecule has 2 heterocycles. The fourth-order valence-corrected chi connectivity index (χ4v) is 1.17. The van der Waals surface area contributed by atoms with Crippen molar-refractivity contribution in [2.75, 3.05) is 0 Å². The van der Waals surface area contributed by atoms with E-state index in [9.17, 15) is 0 Å². The Bertz CT molecular complexity index is 375. The van der Waals surface area contributed by atoms with Crippen LogP contribution < -0.4 is 0 Å². The average Bonchev–Trinajstić information content (AvgIpc) is 2.72. The van der Waals surface area contributed by atoms with Crippen molar-refractivity contribution < 1.29 is 0 Å². The summed E-state index contributed by atoms with van der Waals surface area (Å²) in [5.41, 5.74) is 0. The van der Waals surface area contributed by atoms with Crippen LogP contribution in [0.1, 0.15) is 24.6 Å². The van der Waals surface area contributed by atoms with Crippen molar-refractivity contribution in [1.29, 1.82) is 0 Å². The molecule has 0 saturated heterocycles. The molecule has 5 nitrogen and oxygen atoms in total. The molecule has 0 radical (unpaired) electrons. The van der Waals surface area contributed by atoms with E-state index in [4.69, 9.17) is 0 Å². The summed E-state index contributed by atoms with van der Waals surface area (Å²) in [4.78, 5) is 4.24. The largest absolute Gasteiger partial charge is 0.263 e. The van der Waals surface area contributed by atoms with Gasteiger partial charge in [-0.2, -0.15) is 10.2 Å². The number of hydrogen-bond acceptors (Lipinski definition) is 3. The molecule has 13 heavy (non-hydrogen) atoms. The normalized spacial score (nSPS) is 13.1. The van der Waals surface area contributed by atoms with Crippen LogP contribution >= 0.6 is 0 Å². The summed E-state index contributed by atoms with van der Waals surface area (Å²) in [5.74, 6) is 1.59. The predicted molar refractivity (Wildman–Crippen MR) is 47.2 cm³/mol. The summed E-state index contributed by atoms with van der Waals surface area (Å²) in [5, 5.41) is 11.0. The number of aryl methyl sites for hydroxylation is 1. The number of H-pyrrole nitrogens is 1. The molecule has 0 spiro atoms. The second kappa shape index (κ2) is 3.01. The van der Waals surface area contributed by atoms with Gasteiger partial charge in [-0.15, -0.1) is 0 Å². The quantitative estimate of drug-likeness (QED) is 0.742. The SMILES string of the molecule is Cc1nc(C(C)n2cccn2)n[nH]1. The Balaban J connectivity index is 2.28. The lowest BCUT2D eigenvalue weighted by Gasteiger charge is -2.06. The Labute approximate surface area is 75.8 Å². The molecule has 68 valence electrons. The summed E-state index contributed by atoms with van der Waals surface area (Å²) in [6.07, 6.45) is 3.65. The van der Waals surface area contributed by atoms with E-state index in [0.717, 1.165) is 11.6 Å². The van der Waals surface area contributed by atoms with Crippen LogP contribution in [-0.4, -0.2) is 25.0 Å². The van der Waals surface area contributed by atoms with E-state index in [1.54, 1.807) is 6.20 Å². The monoisotopic (exact) mass is 177 g/mol. The van der Waals surface area contributed by atoms with Crippen molar-refractivity contribution >= 4 is 0 Å². The third kappa shape index (κ3) is 1.44. The fraction of sp³-hybridized carbons (Fsp3) is 0.375. The molecule has 0 aliphatic heterocycles. The summed E-state index contributed by atoms with van der Waals surface area (Å²) in [7, 11) is 0. The van der Waals surface area contributed by atoms with Gasteiger partial charge < -0.3 is 0 Å². The molecule has 1 unspecified atom stereocenters. The molecule has 0 aliphatic carbocycles. The van der Waals surface area contributed by atoms with Gasteiger partial charge in [-0.25, -0.2) is 4.98 Å². The minimum Gasteiger partial charge on any atom is -0.263 e. The molecule has 5 heteroatoms. The first-order chi connectivity index (χ1) is 6.27. The van der Waals surface area contributed by atoms with E-state index >= 15 is 0 Å². The molecule has 0 saturated carbocycles. The van der Waals surface area contributed by atoms with Crippen molar-refractivity contribution in [2.45, 2.75) is 19.9 Å². The Morgan fingerprint density at radius 1 is 1.54 bits per heavy atom. The van der Waals surface area contributed by atoms with Gasteiger partial charge in [0.05, 0.1) is 0 Å². The highest BCUT2D eigenvalue weighted by Gasteiger charge is 2.11. The van der Waals surface area contributed by atoms with E-state index in [-0.39, 0.29) is 6.04 Å². The Hall–Kier alpha value is -1.65. The number of nitrogens with zero attached hydrogens (tertiary/aromatic N) is 4. The highest BCUT2D eigenvalue weighted by Crippen LogP contribution is 2.10. The minimum atomic E-state index is 0.0833. The zero-order valence-electron chi connectivity index (χ0n) is 7.60. The minimum absolute atomic E-state index is 0.0833. The van der Waals surface area contributed by atoms with Crippen molar-refractivity contribution in [3.63, 3.8) is 0 Å². The van der Waals surface area contributed by atoms with Gasteiger partial charge in [-0.05, 0) is 19.9 Å². The van der Waals surface area contributed by atoms with Crippen LogP contribution in [0.25, 0.3) is 0 Å². The predicted octanol–water partition coefficient (Wildman–Crippen LogP) is 0.919. The highest BCUT2D eigenvalue weighted by molar-refractivity contribution is 4.96. The third-order valence-electron chi connectivity index (χ3n) is 1.91. The van der Waals surface area contributed by atoms with Gasteiger partial charge in [0, 0.05) is 12.4 Å². The van der Waals surface area contributed by atoms with Gasteiger partial charge in [0.15, 0.2) is 5.82 Å². The lowest BCUT2D eigenvalue weighted by atomic mass is 10.3. The first kappa shape index (κ1) is 7.97.